The summed E-state index contributed by atoms with van der Waals surface area (Å²) in [6.45, 7) is 4.53. The third-order valence-corrected chi connectivity index (χ3v) is 3.07. The summed E-state index contributed by atoms with van der Waals surface area (Å²) in [7, 11) is 3.35. The molecule has 0 fully saturated rings. The molecule has 1 atom stereocenters. The van der Waals surface area contributed by atoms with Crippen molar-refractivity contribution in [2.75, 3.05) is 27.3 Å². The summed E-state index contributed by atoms with van der Waals surface area (Å²) >= 11 is 0. The molecule has 0 aromatic heterocycles. The first-order valence-corrected chi connectivity index (χ1v) is 6.77. The number of benzene rings is 1. The number of rotatable bonds is 7. The lowest BCUT2D eigenvalue weighted by Crippen LogP contribution is -2.31. The summed E-state index contributed by atoms with van der Waals surface area (Å²) in [5, 5.41) is 0. The number of amides is 1. The smallest absolute Gasteiger partial charge is 0.260 e. The van der Waals surface area contributed by atoms with Crippen LogP contribution in [0.3, 0.4) is 0 Å². The fourth-order valence-electron chi connectivity index (χ4n) is 1.74. The molecule has 0 saturated carbocycles. The number of nitrogens with zero attached hydrogens (tertiary/aromatic N) is 1. The van der Waals surface area contributed by atoms with Gasteiger partial charge in [0.25, 0.3) is 5.91 Å². The Kier molecular flexibility index (Phi) is 6.31. The van der Waals surface area contributed by atoms with Crippen LogP contribution < -0.4 is 15.2 Å². The second-order valence-electron chi connectivity index (χ2n) is 4.85. The Balaban J connectivity index is 2.82. The largest absolute Gasteiger partial charge is 0.497 e. The Morgan fingerprint density at radius 2 is 2.15 bits per heavy atom. The van der Waals surface area contributed by atoms with Crippen molar-refractivity contribution in [2.45, 2.75) is 26.3 Å². The SMILES string of the molecule is CCN(C)C(=O)COc1cc(OC)ccc1CC(C)N. The molecule has 1 rings (SSSR count). The Morgan fingerprint density at radius 1 is 1.45 bits per heavy atom. The van der Waals surface area contributed by atoms with E-state index in [4.69, 9.17) is 15.2 Å². The number of ether oxygens (including phenoxy) is 2. The fraction of sp³-hybridized carbons (Fsp3) is 0.533. The Morgan fingerprint density at radius 3 is 2.70 bits per heavy atom. The van der Waals surface area contributed by atoms with E-state index in [0.29, 0.717) is 24.5 Å². The van der Waals surface area contributed by atoms with Gasteiger partial charge in [-0.15, -0.1) is 0 Å². The van der Waals surface area contributed by atoms with Crippen LogP contribution in [0.5, 0.6) is 11.5 Å². The van der Waals surface area contributed by atoms with Crippen LogP contribution in [0.1, 0.15) is 19.4 Å². The third-order valence-electron chi connectivity index (χ3n) is 3.07. The van der Waals surface area contributed by atoms with E-state index in [-0.39, 0.29) is 18.6 Å². The predicted molar refractivity (Wildman–Crippen MR) is 79.2 cm³/mol. The standard InChI is InChI=1S/C15H24N2O3/c1-5-17(3)15(18)10-20-14-9-13(19-4)7-6-12(14)8-11(2)16/h6-7,9,11H,5,8,10,16H2,1-4H3. The van der Waals surface area contributed by atoms with Crippen molar-refractivity contribution in [2.24, 2.45) is 5.73 Å². The normalized spacial score (nSPS) is 11.8. The second-order valence-corrected chi connectivity index (χ2v) is 4.85. The van der Waals surface area contributed by atoms with Gasteiger partial charge in [0, 0.05) is 25.7 Å². The zero-order valence-electron chi connectivity index (χ0n) is 12.7. The highest BCUT2D eigenvalue weighted by Gasteiger charge is 2.12. The molecule has 0 radical (unpaired) electrons. The fourth-order valence-corrected chi connectivity index (χ4v) is 1.74. The first-order valence-electron chi connectivity index (χ1n) is 6.77. The van der Waals surface area contributed by atoms with Gasteiger partial charge in [0.15, 0.2) is 6.61 Å². The Hall–Kier alpha value is -1.75. The van der Waals surface area contributed by atoms with E-state index in [1.165, 1.54) is 0 Å². The van der Waals surface area contributed by atoms with Crippen LogP contribution in [0.4, 0.5) is 0 Å². The summed E-state index contributed by atoms with van der Waals surface area (Å²) < 4.78 is 10.8. The van der Waals surface area contributed by atoms with Crippen LogP contribution in [0.15, 0.2) is 18.2 Å². The number of nitrogens with two attached hydrogens (primary N) is 1. The minimum atomic E-state index is -0.0536. The van der Waals surface area contributed by atoms with E-state index in [0.717, 1.165) is 5.56 Å². The molecule has 2 N–H and O–H groups in total. The molecule has 0 heterocycles. The highest BCUT2D eigenvalue weighted by Crippen LogP contribution is 2.25. The number of hydrogen-bond acceptors (Lipinski definition) is 4. The second kappa shape index (κ2) is 7.75. The Bertz CT molecular complexity index is 447. The van der Waals surface area contributed by atoms with Crippen LogP contribution in [0.2, 0.25) is 0 Å². The third kappa shape index (κ3) is 4.74. The van der Waals surface area contributed by atoms with Crippen LogP contribution >= 0.6 is 0 Å². The number of methoxy groups -OCH3 is 1. The van der Waals surface area contributed by atoms with Crippen molar-refractivity contribution < 1.29 is 14.3 Å². The van der Waals surface area contributed by atoms with E-state index in [1.807, 2.05) is 26.0 Å². The summed E-state index contributed by atoms with van der Waals surface area (Å²) in [5.41, 5.74) is 6.81. The topological polar surface area (TPSA) is 64.8 Å². The van der Waals surface area contributed by atoms with Crippen molar-refractivity contribution in [3.8, 4) is 11.5 Å². The monoisotopic (exact) mass is 280 g/mol. The number of carbonyl (C=O) groups is 1. The molecule has 112 valence electrons. The van der Waals surface area contributed by atoms with Crippen molar-refractivity contribution in [1.82, 2.24) is 4.90 Å². The van der Waals surface area contributed by atoms with Gasteiger partial charge in [0.05, 0.1) is 7.11 Å². The molecule has 0 spiro atoms. The van der Waals surface area contributed by atoms with E-state index in [2.05, 4.69) is 0 Å². The van der Waals surface area contributed by atoms with Crippen LogP contribution in [0, 0.1) is 0 Å². The average molecular weight is 280 g/mol. The zero-order chi connectivity index (χ0) is 15.1. The van der Waals surface area contributed by atoms with Crippen LogP contribution in [0.25, 0.3) is 0 Å². The molecular formula is C15H24N2O3. The summed E-state index contributed by atoms with van der Waals surface area (Å²) in [4.78, 5) is 13.4. The van der Waals surface area contributed by atoms with Crippen molar-refractivity contribution in [1.29, 1.82) is 0 Å². The number of hydrogen-bond donors (Lipinski definition) is 1. The minimum absolute atomic E-state index is 0.0173. The molecule has 20 heavy (non-hydrogen) atoms. The zero-order valence-corrected chi connectivity index (χ0v) is 12.7. The molecule has 1 aromatic rings. The van der Waals surface area contributed by atoms with E-state index >= 15 is 0 Å². The van der Waals surface area contributed by atoms with Gasteiger partial charge in [0.2, 0.25) is 0 Å². The first kappa shape index (κ1) is 16.3. The molecule has 0 aliphatic carbocycles. The highest BCUT2D eigenvalue weighted by molar-refractivity contribution is 5.77. The van der Waals surface area contributed by atoms with Gasteiger partial charge >= 0.3 is 0 Å². The molecule has 1 unspecified atom stereocenters. The highest BCUT2D eigenvalue weighted by atomic mass is 16.5. The molecule has 1 aromatic carbocycles. The lowest BCUT2D eigenvalue weighted by molar-refractivity contribution is -0.131. The molecule has 5 nitrogen and oxygen atoms in total. The number of likely N-dealkylation sites (N-methyl/N-ethyl adjacent to an activating group) is 1. The molecule has 0 bridgehead atoms. The van der Waals surface area contributed by atoms with Gasteiger partial charge in [-0.2, -0.15) is 0 Å². The molecule has 5 heteroatoms. The van der Waals surface area contributed by atoms with E-state index < -0.39 is 0 Å². The van der Waals surface area contributed by atoms with Crippen molar-refractivity contribution >= 4 is 5.91 Å². The molecule has 0 aliphatic rings. The lowest BCUT2D eigenvalue weighted by Gasteiger charge is -2.17. The molecule has 0 saturated heterocycles. The van der Waals surface area contributed by atoms with Gasteiger partial charge in [-0.05, 0) is 31.9 Å². The molecular weight excluding hydrogens is 256 g/mol. The van der Waals surface area contributed by atoms with Gasteiger partial charge in [0.1, 0.15) is 11.5 Å². The first-order chi connectivity index (χ1) is 9.47. The van der Waals surface area contributed by atoms with Crippen LogP contribution in [-0.2, 0) is 11.2 Å². The van der Waals surface area contributed by atoms with Gasteiger partial charge in [-0.25, -0.2) is 0 Å². The van der Waals surface area contributed by atoms with Gasteiger partial charge in [-0.3, -0.25) is 4.79 Å². The van der Waals surface area contributed by atoms with Crippen molar-refractivity contribution in [3.05, 3.63) is 23.8 Å². The predicted octanol–water partition coefficient (Wildman–Crippen LogP) is 1.44. The maximum absolute atomic E-state index is 11.8. The summed E-state index contributed by atoms with van der Waals surface area (Å²) in [6, 6.07) is 5.60. The molecule has 0 aliphatic heterocycles. The lowest BCUT2D eigenvalue weighted by atomic mass is 10.1. The summed E-state index contributed by atoms with van der Waals surface area (Å²) in [5.74, 6) is 1.30. The van der Waals surface area contributed by atoms with Crippen molar-refractivity contribution in [3.63, 3.8) is 0 Å². The van der Waals surface area contributed by atoms with Gasteiger partial charge < -0.3 is 20.1 Å². The quantitative estimate of drug-likeness (QED) is 0.821. The molecule has 1 amide bonds. The minimum Gasteiger partial charge on any atom is -0.497 e. The van der Waals surface area contributed by atoms with Gasteiger partial charge in [-0.1, -0.05) is 6.07 Å². The number of carbonyl (C=O) groups excluding carboxylic acids is 1. The van der Waals surface area contributed by atoms with E-state index in [1.54, 1.807) is 25.1 Å². The average Bonchev–Trinajstić information content (AvgIpc) is 2.44. The maximum Gasteiger partial charge on any atom is 0.260 e. The Labute approximate surface area is 120 Å². The summed E-state index contributed by atoms with van der Waals surface area (Å²) in [6.07, 6.45) is 0.692. The van der Waals surface area contributed by atoms with E-state index in [9.17, 15) is 4.79 Å². The maximum atomic E-state index is 11.8. The van der Waals surface area contributed by atoms with Crippen LogP contribution in [-0.4, -0.2) is 44.2 Å².